The van der Waals surface area contributed by atoms with Crippen LogP contribution in [0.3, 0.4) is 0 Å². The Bertz CT molecular complexity index is 603. The third kappa shape index (κ3) is 7.04. The molecule has 1 aromatic rings. The quantitative estimate of drug-likeness (QED) is 0.261. The molecule has 0 amide bonds. The molecule has 0 spiro atoms. The third-order valence-corrected chi connectivity index (χ3v) is 4.44. The van der Waals surface area contributed by atoms with E-state index in [4.69, 9.17) is 14.2 Å². The van der Waals surface area contributed by atoms with Gasteiger partial charge in [-0.05, 0) is 31.7 Å². The fourth-order valence-electron chi connectivity index (χ4n) is 2.97. The number of rotatable bonds is 12. The average molecular weight is 378 g/mol. The van der Waals surface area contributed by atoms with E-state index in [1.54, 1.807) is 21.3 Å². The first kappa shape index (κ1) is 22.7. The Kier molecular flexibility index (Phi) is 10.8. The minimum Gasteiger partial charge on any atom is -0.493 e. The van der Waals surface area contributed by atoms with Crippen molar-refractivity contribution in [3.63, 3.8) is 0 Å². The van der Waals surface area contributed by atoms with Gasteiger partial charge in [-0.2, -0.15) is 0 Å². The molecule has 6 heteroatoms. The maximum Gasteiger partial charge on any atom is 0.203 e. The number of benzene rings is 1. The molecule has 27 heavy (non-hydrogen) atoms. The van der Waals surface area contributed by atoms with Crippen molar-refractivity contribution in [3.8, 4) is 17.2 Å². The van der Waals surface area contributed by atoms with Crippen molar-refractivity contribution in [1.29, 1.82) is 0 Å². The van der Waals surface area contributed by atoms with Gasteiger partial charge in [0.25, 0.3) is 0 Å². The number of ether oxygens (including phenoxy) is 3. The van der Waals surface area contributed by atoms with Crippen molar-refractivity contribution < 1.29 is 14.2 Å². The summed E-state index contributed by atoms with van der Waals surface area (Å²) in [6.45, 7) is 5.50. The van der Waals surface area contributed by atoms with E-state index in [9.17, 15) is 0 Å². The Labute approximate surface area is 164 Å². The van der Waals surface area contributed by atoms with E-state index in [-0.39, 0.29) is 0 Å². The fraction of sp³-hybridized carbons (Fsp3) is 0.571. The molecule has 0 heterocycles. The summed E-state index contributed by atoms with van der Waals surface area (Å²) in [5, 5.41) is 3.42. The predicted molar refractivity (Wildman–Crippen MR) is 112 cm³/mol. The summed E-state index contributed by atoms with van der Waals surface area (Å²) >= 11 is 0. The van der Waals surface area contributed by atoms with Crippen LogP contribution in [0, 0.1) is 0 Å². The van der Waals surface area contributed by atoms with Crippen LogP contribution in [0.4, 0.5) is 0 Å². The zero-order valence-electron chi connectivity index (χ0n) is 17.5. The summed E-state index contributed by atoms with van der Waals surface area (Å²) in [4.78, 5) is 6.54. The van der Waals surface area contributed by atoms with E-state index < -0.39 is 0 Å². The summed E-state index contributed by atoms with van der Waals surface area (Å²) in [5.41, 5.74) is 1.06. The maximum atomic E-state index is 5.55. The number of methoxy groups -OCH3 is 3. The number of guanidine groups is 1. The molecule has 0 saturated carbocycles. The molecule has 1 aromatic carbocycles. The van der Waals surface area contributed by atoms with Crippen LogP contribution in [-0.4, -0.2) is 59.4 Å². The lowest BCUT2D eigenvalue weighted by molar-refractivity contribution is 0.322. The second kappa shape index (κ2) is 12.9. The first-order chi connectivity index (χ1) is 13.1. The zero-order valence-corrected chi connectivity index (χ0v) is 17.5. The molecular weight excluding hydrogens is 342 g/mol. The highest BCUT2D eigenvalue weighted by molar-refractivity contribution is 5.79. The molecule has 6 nitrogen and oxygen atoms in total. The molecule has 0 fully saturated rings. The highest BCUT2D eigenvalue weighted by Gasteiger charge is 2.15. The van der Waals surface area contributed by atoms with Gasteiger partial charge in [-0.15, -0.1) is 6.58 Å². The number of unbranched alkanes of at least 4 members (excludes halogenated alkanes) is 3. The molecule has 0 bridgehead atoms. The molecule has 0 aliphatic carbocycles. The first-order valence-electron chi connectivity index (χ1n) is 9.43. The SMILES string of the molecule is C=CCCCCCN(C)C(=NC)NCCc1ccc(OC)c(OC)c1OC. The minimum absolute atomic E-state index is 0.624. The largest absolute Gasteiger partial charge is 0.493 e. The number of nitrogens with one attached hydrogen (secondary N) is 1. The van der Waals surface area contributed by atoms with E-state index in [1.165, 1.54) is 12.8 Å². The van der Waals surface area contributed by atoms with Crippen molar-refractivity contribution in [2.24, 2.45) is 4.99 Å². The summed E-state index contributed by atoms with van der Waals surface area (Å²) < 4.78 is 16.3. The Morgan fingerprint density at radius 1 is 1.11 bits per heavy atom. The van der Waals surface area contributed by atoms with E-state index in [0.29, 0.717) is 17.2 Å². The van der Waals surface area contributed by atoms with Crippen LogP contribution in [0.1, 0.15) is 31.2 Å². The molecule has 0 atom stereocenters. The Balaban J connectivity index is 2.58. The molecule has 0 unspecified atom stereocenters. The van der Waals surface area contributed by atoms with Crippen molar-refractivity contribution in [2.45, 2.75) is 32.1 Å². The van der Waals surface area contributed by atoms with E-state index in [2.05, 4.69) is 28.8 Å². The zero-order chi connectivity index (χ0) is 20.1. The maximum absolute atomic E-state index is 5.55. The van der Waals surface area contributed by atoms with E-state index in [0.717, 1.165) is 43.9 Å². The highest BCUT2D eigenvalue weighted by Crippen LogP contribution is 2.39. The van der Waals surface area contributed by atoms with Gasteiger partial charge in [0.1, 0.15) is 0 Å². The van der Waals surface area contributed by atoms with Crippen molar-refractivity contribution in [2.75, 3.05) is 48.5 Å². The monoisotopic (exact) mass is 377 g/mol. The number of allylic oxidation sites excluding steroid dienone is 1. The van der Waals surface area contributed by atoms with E-state index in [1.807, 2.05) is 25.3 Å². The molecule has 0 aliphatic rings. The van der Waals surface area contributed by atoms with Crippen LogP contribution >= 0.6 is 0 Å². The second-order valence-corrected chi connectivity index (χ2v) is 6.28. The molecule has 0 radical (unpaired) electrons. The number of aliphatic imine (C=N–C) groups is 1. The molecule has 0 saturated heterocycles. The average Bonchev–Trinajstić information content (AvgIpc) is 2.70. The van der Waals surface area contributed by atoms with Crippen molar-refractivity contribution in [1.82, 2.24) is 10.2 Å². The lowest BCUT2D eigenvalue weighted by atomic mass is 10.1. The number of nitrogens with zero attached hydrogens (tertiary/aromatic N) is 2. The second-order valence-electron chi connectivity index (χ2n) is 6.28. The molecule has 0 aliphatic heterocycles. The molecule has 1 N–H and O–H groups in total. The van der Waals surface area contributed by atoms with Crippen LogP contribution in [0.15, 0.2) is 29.8 Å². The summed E-state index contributed by atoms with van der Waals surface area (Å²) in [7, 11) is 8.77. The van der Waals surface area contributed by atoms with Crippen LogP contribution in [-0.2, 0) is 6.42 Å². The lowest BCUT2D eigenvalue weighted by Crippen LogP contribution is -2.40. The summed E-state index contributed by atoms with van der Waals surface area (Å²) in [6, 6.07) is 3.91. The molecule has 152 valence electrons. The lowest BCUT2D eigenvalue weighted by Gasteiger charge is -2.22. The van der Waals surface area contributed by atoms with Gasteiger partial charge < -0.3 is 24.4 Å². The van der Waals surface area contributed by atoms with Gasteiger partial charge in [0, 0.05) is 32.7 Å². The molecule has 1 rings (SSSR count). The fourth-order valence-corrected chi connectivity index (χ4v) is 2.97. The van der Waals surface area contributed by atoms with Gasteiger partial charge in [-0.3, -0.25) is 4.99 Å². The normalized spacial score (nSPS) is 11.1. The van der Waals surface area contributed by atoms with Gasteiger partial charge >= 0.3 is 0 Å². The van der Waals surface area contributed by atoms with Gasteiger partial charge in [-0.25, -0.2) is 0 Å². The van der Waals surface area contributed by atoms with Crippen LogP contribution in [0.2, 0.25) is 0 Å². The predicted octanol–water partition coefficient (Wildman–Crippen LogP) is 3.51. The smallest absolute Gasteiger partial charge is 0.203 e. The van der Waals surface area contributed by atoms with Gasteiger partial charge in [0.05, 0.1) is 21.3 Å². The number of hydrogen-bond donors (Lipinski definition) is 1. The van der Waals surface area contributed by atoms with Crippen molar-refractivity contribution in [3.05, 3.63) is 30.4 Å². The third-order valence-electron chi connectivity index (χ3n) is 4.44. The Morgan fingerprint density at radius 2 is 1.85 bits per heavy atom. The van der Waals surface area contributed by atoms with Crippen LogP contribution in [0.25, 0.3) is 0 Å². The topological polar surface area (TPSA) is 55.3 Å². The van der Waals surface area contributed by atoms with Gasteiger partial charge in [0.2, 0.25) is 5.75 Å². The Hall–Kier alpha value is -2.37. The molecule has 0 aromatic heterocycles. The molecular formula is C21H35N3O3. The van der Waals surface area contributed by atoms with Crippen molar-refractivity contribution >= 4 is 5.96 Å². The Morgan fingerprint density at radius 3 is 2.44 bits per heavy atom. The van der Waals surface area contributed by atoms with Gasteiger partial charge in [0.15, 0.2) is 17.5 Å². The summed E-state index contributed by atoms with van der Waals surface area (Å²) in [5.74, 6) is 2.90. The van der Waals surface area contributed by atoms with Gasteiger partial charge in [-0.1, -0.05) is 18.6 Å². The van der Waals surface area contributed by atoms with Crippen LogP contribution in [0.5, 0.6) is 17.2 Å². The first-order valence-corrected chi connectivity index (χ1v) is 9.43. The standard InChI is InChI=1S/C21H35N3O3/c1-7-8-9-10-11-16-24(3)21(22-2)23-15-14-17-12-13-18(25-4)20(27-6)19(17)26-5/h7,12-13H,1,8-11,14-16H2,2-6H3,(H,22,23). The minimum atomic E-state index is 0.624. The van der Waals surface area contributed by atoms with E-state index >= 15 is 0 Å². The highest BCUT2D eigenvalue weighted by atomic mass is 16.5. The summed E-state index contributed by atoms with van der Waals surface area (Å²) in [6.07, 6.45) is 7.40. The van der Waals surface area contributed by atoms with Crippen LogP contribution < -0.4 is 19.5 Å². The number of hydrogen-bond acceptors (Lipinski definition) is 4.